The molecule has 2 aliphatic heterocycles. The summed E-state index contributed by atoms with van der Waals surface area (Å²) in [5.74, 6) is 0.843. The van der Waals surface area contributed by atoms with E-state index in [4.69, 9.17) is 9.84 Å². The predicted molar refractivity (Wildman–Crippen MR) is 102 cm³/mol. The SMILES string of the molecule is CN1CCN(C[C@@]2(O)CCN(Cc3ccc(OCCCO)cc3)C2)CC1. The van der Waals surface area contributed by atoms with Crippen LogP contribution in [0.1, 0.15) is 18.4 Å². The lowest BCUT2D eigenvalue weighted by Gasteiger charge is -2.36. The molecule has 3 rings (SSSR count). The number of hydrogen-bond acceptors (Lipinski definition) is 6. The highest BCUT2D eigenvalue weighted by molar-refractivity contribution is 5.27. The molecule has 0 aliphatic carbocycles. The van der Waals surface area contributed by atoms with Crippen molar-refractivity contribution in [2.24, 2.45) is 0 Å². The number of ether oxygens (including phenoxy) is 1. The zero-order valence-corrected chi connectivity index (χ0v) is 15.9. The topological polar surface area (TPSA) is 59.4 Å². The third kappa shape index (κ3) is 5.66. The normalized spacial score (nSPS) is 25.7. The minimum Gasteiger partial charge on any atom is -0.494 e. The first-order chi connectivity index (χ1) is 12.6. The van der Waals surface area contributed by atoms with E-state index in [9.17, 15) is 5.11 Å². The van der Waals surface area contributed by atoms with Crippen LogP contribution in [0.15, 0.2) is 24.3 Å². The number of benzene rings is 1. The molecule has 0 aromatic heterocycles. The van der Waals surface area contributed by atoms with Crippen molar-refractivity contribution < 1.29 is 14.9 Å². The van der Waals surface area contributed by atoms with Crippen LogP contribution >= 0.6 is 0 Å². The number of aliphatic hydroxyl groups excluding tert-OH is 1. The molecular weight excluding hydrogens is 330 g/mol. The van der Waals surface area contributed by atoms with Crippen molar-refractivity contribution in [3.8, 4) is 5.75 Å². The fourth-order valence-electron chi connectivity index (χ4n) is 3.83. The van der Waals surface area contributed by atoms with Crippen molar-refractivity contribution >= 4 is 0 Å². The van der Waals surface area contributed by atoms with E-state index in [-0.39, 0.29) is 6.61 Å². The maximum Gasteiger partial charge on any atom is 0.119 e. The van der Waals surface area contributed by atoms with Crippen molar-refractivity contribution in [3.63, 3.8) is 0 Å². The van der Waals surface area contributed by atoms with Gasteiger partial charge in [0, 0.05) is 65.4 Å². The maximum absolute atomic E-state index is 11.0. The van der Waals surface area contributed by atoms with Crippen LogP contribution in [0.5, 0.6) is 5.75 Å². The van der Waals surface area contributed by atoms with Gasteiger partial charge < -0.3 is 19.8 Å². The molecule has 146 valence electrons. The lowest BCUT2D eigenvalue weighted by atomic mass is 10.0. The third-order valence-electron chi connectivity index (χ3n) is 5.43. The zero-order chi connectivity index (χ0) is 18.4. The van der Waals surface area contributed by atoms with Crippen LogP contribution in [-0.2, 0) is 6.54 Å². The minimum atomic E-state index is -0.580. The molecule has 2 saturated heterocycles. The second-order valence-corrected chi connectivity index (χ2v) is 7.83. The lowest BCUT2D eigenvalue weighted by Crippen LogP contribution is -2.51. The number of β-amino-alcohol motifs (C(OH)–C–C–N with tert-alkyl or cyclic N) is 1. The molecule has 26 heavy (non-hydrogen) atoms. The number of hydrogen-bond donors (Lipinski definition) is 2. The second-order valence-electron chi connectivity index (χ2n) is 7.83. The lowest BCUT2D eigenvalue weighted by molar-refractivity contribution is -0.000370. The smallest absolute Gasteiger partial charge is 0.119 e. The monoisotopic (exact) mass is 363 g/mol. The molecule has 1 atom stereocenters. The second kappa shape index (κ2) is 9.15. The number of rotatable bonds is 8. The average Bonchev–Trinajstić information content (AvgIpc) is 2.99. The Hall–Kier alpha value is -1.18. The Bertz CT molecular complexity index is 546. The van der Waals surface area contributed by atoms with Gasteiger partial charge >= 0.3 is 0 Å². The van der Waals surface area contributed by atoms with Gasteiger partial charge in [-0.25, -0.2) is 0 Å². The van der Waals surface area contributed by atoms with Gasteiger partial charge in [-0.05, 0) is 31.2 Å². The Kier molecular flexibility index (Phi) is 6.89. The van der Waals surface area contributed by atoms with Crippen LogP contribution in [0.4, 0.5) is 0 Å². The van der Waals surface area contributed by atoms with Gasteiger partial charge in [-0.3, -0.25) is 9.80 Å². The highest BCUT2D eigenvalue weighted by atomic mass is 16.5. The van der Waals surface area contributed by atoms with E-state index < -0.39 is 5.60 Å². The molecule has 0 radical (unpaired) electrons. The van der Waals surface area contributed by atoms with E-state index in [1.807, 2.05) is 12.1 Å². The van der Waals surface area contributed by atoms with E-state index >= 15 is 0 Å². The molecule has 2 heterocycles. The highest BCUT2D eigenvalue weighted by Gasteiger charge is 2.37. The average molecular weight is 364 g/mol. The van der Waals surface area contributed by atoms with Gasteiger partial charge in [0.1, 0.15) is 5.75 Å². The van der Waals surface area contributed by atoms with Crippen molar-refractivity contribution in [2.45, 2.75) is 25.0 Å². The van der Waals surface area contributed by atoms with Crippen molar-refractivity contribution in [1.29, 1.82) is 0 Å². The number of nitrogens with zero attached hydrogens (tertiary/aromatic N) is 3. The number of likely N-dealkylation sites (N-methyl/N-ethyl adjacent to an activating group) is 1. The molecule has 1 aromatic rings. The van der Waals surface area contributed by atoms with E-state index in [2.05, 4.69) is 33.9 Å². The van der Waals surface area contributed by atoms with Gasteiger partial charge in [-0.15, -0.1) is 0 Å². The maximum atomic E-state index is 11.0. The van der Waals surface area contributed by atoms with E-state index in [1.54, 1.807) is 0 Å². The molecule has 1 aromatic carbocycles. The highest BCUT2D eigenvalue weighted by Crippen LogP contribution is 2.25. The van der Waals surface area contributed by atoms with Crippen LogP contribution in [-0.4, -0.2) is 96.6 Å². The Morgan fingerprint density at radius 3 is 2.46 bits per heavy atom. The summed E-state index contributed by atoms with van der Waals surface area (Å²) in [5.41, 5.74) is 0.659. The molecule has 0 amide bonds. The molecule has 2 N–H and O–H groups in total. The number of likely N-dealkylation sites (tertiary alicyclic amines) is 1. The molecule has 2 fully saturated rings. The van der Waals surface area contributed by atoms with Gasteiger partial charge in [0.05, 0.1) is 12.2 Å². The summed E-state index contributed by atoms with van der Waals surface area (Å²) >= 11 is 0. The Balaban J connectivity index is 1.44. The van der Waals surface area contributed by atoms with Gasteiger partial charge in [0.2, 0.25) is 0 Å². The molecular formula is C20H33N3O3. The number of aliphatic hydroxyl groups is 2. The fraction of sp³-hybridized carbons (Fsp3) is 0.700. The van der Waals surface area contributed by atoms with Gasteiger partial charge in [0.15, 0.2) is 0 Å². The first kappa shape index (κ1) is 19.6. The van der Waals surface area contributed by atoms with Gasteiger partial charge in [-0.2, -0.15) is 0 Å². The zero-order valence-electron chi connectivity index (χ0n) is 15.9. The molecule has 0 bridgehead atoms. The third-order valence-corrected chi connectivity index (χ3v) is 5.43. The predicted octanol–water partition coefficient (Wildman–Crippen LogP) is 0.632. The van der Waals surface area contributed by atoms with Crippen LogP contribution in [0.25, 0.3) is 0 Å². The summed E-state index contributed by atoms with van der Waals surface area (Å²) in [4.78, 5) is 7.10. The molecule has 6 heteroatoms. The minimum absolute atomic E-state index is 0.157. The van der Waals surface area contributed by atoms with Crippen LogP contribution in [0, 0.1) is 0 Å². The Morgan fingerprint density at radius 1 is 1.04 bits per heavy atom. The van der Waals surface area contributed by atoms with Crippen molar-refractivity contribution in [3.05, 3.63) is 29.8 Å². The van der Waals surface area contributed by atoms with E-state index in [0.29, 0.717) is 13.0 Å². The summed E-state index contributed by atoms with van der Waals surface area (Å²) in [7, 11) is 2.16. The Labute approximate surface area is 157 Å². The van der Waals surface area contributed by atoms with Crippen LogP contribution in [0.2, 0.25) is 0 Å². The quantitative estimate of drug-likeness (QED) is 0.661. The largest absolute Gasteiger partial charge is 0.494 e. The summed E-state index contributed by atoms with van der Waals surface area (Å²) in [6.07, 6.45) is 1.50. The summed E-state index contributed by atoms with van der Waals surface area (Å²) in [6.45, 7) is 8.32. The summed E-state index contributed by atoms with van der Waals surface area (Å²) in [5, 5.41) is 19.8. The summed E-state index contributed by atoms with van der Waals surface area (Å²) in [6, 6.07) is 8.15. The first-order valence-corrected chi connectivity index (χ1v) is 9.75. The van der Waals surface area contributed by atoms with Gasteiger partial charge in [-0.1, -0.05) is 12.1 Å². The molecule has 0 unspecified atom stereocenters. The standard InChI is InChI=1S/C20H33N3O3/c1-21-9-11-22(12-10-21)16-20(25)7-8-23(17-20)15-18-3-5-19(6-4-18)26-14-2-13-24/h3-6,24-25H,2,7-17H2,1H3/t20-/m0/s1. The van der Waals surface area contributed by atoms with Crippen LogP contribution in [0.3, 0.4) is 0 Å². The number of piperazine rings is 1. The van der Waals surface area contributed by atoms with E-state index in [0.717, 1.165) is 64.5 Å². The molecule has 0 saturated carbocycles. The Morgan fingerprint density at radius 2 is 1.77 bits per heavy atom. The van der Waals surface area contributed by atoms with E-state index in [1.165, 1.54) is 5.56 Å². The van der Waals surface area contributed by atoms with Crippen molar-refractivity contribution in [2.75, 3.05) is 66.1 Å². The molecule has 2 aliphatic rings. The van der Waals surface area contributed by atoms with Crippen molar-refractivity contribution in [1.82, 2.24) is 14.7 Å². The van der Waals surface area contributed by atoms with Gasteiger partial charge in [0.25, 0.3) is 0 Å². The summed E-state index contributed by atoms with van der Waals surface area (Å²) < 4.78 is 5.57. The molecule has 0 spiro atoms. The first-order valence-electron chi connectivity index (χ1n) is 9.75. The van der Waals surface area contributed by atoms with Crippen LogP contribution < -0.4 is 4.74 Å². The molecule has 6 nitrogen and oxygen atoms in total. The fourth-order valence-corrected chi connectivity index (χ4v) is 3.83.